The maximum absolute atomic E-state index is 11.5. The average Bonchev–Trinajstić information content (AvgIpc) is 2.52. The van der Waals surface area contributed by atoms with E-state index in [0.717, 1.165) is 19.3 Å². The van der Waals surface area contributed by atoms with Gasteiger partial charge in [0.25, 0.3) is 0 Å². The van der Waals surface area contributed by atoms with Crippen molar-refractivity contribution in [2.75, 3.05) is 13.7 Å². The molecule has 0 spiro atoms. The predicted molar refractivity (Wildman–Crippen MR) is 52.7 cm³/mol. The van der Waals surface area contributed by atoms with Crippen LogP contribution in [0.3, 0.4) is 0 Å². The van der Waals surface area contributed by atoms with Crippen molar-refractivity contribution in [1.82, 2.24) is 0 Å². The van der Waals surface area contributed by atoms with Crippen molar-refractivity contribution in [2.24, 2.45) is 11.7 Å². The molecule has 1 saturated carbocycles. The summed E-state index contributed by atoms with van der Waals surface area (Å²) in [5, 5.41) is 0. The minimum absolute atomic E-state index is 0.00399. The zero-order chi connectivity index (χ0) is 10.6. The normalized spacial score (nSPS) is 28.8. The number of ether oxygens (including phenoxy) is 2. The van der Waals surface area contributed by atoms with E-state index in [0.29, 0.717) is 6.61 Å². The Bertz CT molecular complexity index is 196. The van der Waals surface area contributed by atoms with Crippen LogP contribution in [0, 0.1) is 5.92 Å². The first kappa shape index (κ1) is 11.5. The van der Waals surface area contributed by atoms with Crippen molar-refractivity contribution < 1.29 is 14.3 Å². The highest BCUT2D eigenvalue weighted by molar-refractivity contribution is 5.73. The van der Waals surface area contributed by atoms with E-state index in [1.165, 1.54) is 0 Å². The Labute approximate surface area is 84.7 Å². The van der Waals surface area contributed by atoms with E-state index >= 15 is 0 Å². The maximum atomic E-state index is 11.5. The molecule has 3 unspecified atom stereocenters. The maximum Gasteiger partial charge on any atom is 0.309 e. The number of hydrogen-bond acceptors (Lipinski definition) is 4. The fraction of sp³-hybridized carbons (Fsp3) is 0.900. The molecule has 1 rings (SSSR count). The fourth-order valence-corrected chi connectivity index (χ4v) is 1.79. The van der Waals surface area contributed by atoms with Crippen LogP contribution in [0.25, 0.3) is 0 Å². The molecule has 1 fully saturated rings. The van der Waals surface area contributed by atoms with Crippen LogP contribution in [0.1, 0.15) is 26.2 Å². The van der Waals surface area contributed by atoms with Gasteiger partial charge in [0.15, 0.2) is 0 Å². The summed E-state index contributed by atoms with van der Waals surface area (Å²) in [6.45, 7) is 2.28. The third-order valence-corrected chi connectivity index (χ3v) is 2.53. The van der Waals surface area contributed by atoms with Crippen LogP contribution >= 0.6 is 0 Å². The summed E-state index contributed by atoms with van der Waals surface area (Å²) in [6, 6.07) is 0.172. The Morgan fingerprint density at radius 1 is 1.57 bits per heavy atom. The Hall–Kier alpha value is -0.610. The largest absolute Gasteiger partial charge is 0.460 e. The molecule has 4 heteroatoms. The Balaban J connectivity index is 2.27. The van der Waals surface area contributed by atoms with Gasteiger partial charge in [-0.3, -0.25) is 4.79 Å². The molecule has 0 aromatic carbocycles. The van der Waals surface area contributed by atoms with Crippen molar-refractivity contribution in [3.8, 4) is 0 Å². The van der Waals surface area contributed by atoms with Crippen LogP contribution in [-0.2, 0) is 14.3 Å². The zero-order valence-electron chi connectivity index (χ0n) is 8.86. The summed E-state index contributed by atoms with van der Waals surface area (Å²) < 4.78 is 10.1. The second-order valence-corrected chi connectivity index (χ2v) is 3.97. The molecule has 4 nitrogen and oxygen atoms in total. The second-order valence-electron chi connectivity index (χ2n) is 3.97. The van der Waals surface area contributed by atoms with Crippen molar-refractivity contribution in [1.29, 1.82) is 0 Å². The molecule has 82 valence electrons. The molecule has 0 amide bonds. The van der Waals surface area contributed by atoms with E-state index in [4.69, 9.17) is 15.2 Å². The van der Waals surface area contributed by atoms with Gasteiger partial charge in [-0.25, -0.2) is 0 Å². The Kier molecular flexibility index (Phi) is 4.35. The van der Waals surface area contributed by atoms with Gasteiger partial charge in [0.1, 0.15) is 6.10 Å². The SMILES string of the molecule is COCC(C)OC(=O)C1CCC(N)C1. The first-order valence-corrected chi connectivity index (χ1v) is 5.08. The highest BCUT2D eigenvalue weighted by Crippen LogP contribution is 2.25. The summed E-state index contributed by atoms with van der Waals surface area (Å²) in [5.41, 5.74) is 5.72. The van der Waals surface area contributed by atoms with Gasteiger partial charge in [0, 0.05) is 13.2 Å². The number of carbonyl (C=O) groups is 1. The predicted octanol–water partition coefficient (Wildman–Crippen LogP) is 0.692. The lowest BCUT2D eigenvalue weighted by atomic mass is 10.1. The van der Waals surface area contributed by atoms with Gasteiger partial charge in [-0.05, 0) is 26.2 Å². The third-order valence-electron chi connectivity index (χ3n) is 2.53. The van der Waals surface area contributed by atoms with E-state index in [9.17, 15) is 4.79 Å². The Morgan fingerprint density at radius 2 is 2.29 bits per heavy atom. The van der Waals surface area contributed by atoms with Gasteiger partial charge < -0.3 is 15.2 Å². The molecule has 2 N–H and O–H groups in total. The second kappa shape index (κ2) is 5.32. The average molecular weight is 201 g/mol. The minimum Gasteiger partial charge on any atom is -0.460 e. The van der Waals surface area contributed by atoms with Crippen LogP contribution in [0.2, 0.25) is 0 Å². The highest BCUT2D eigenvalue weighted by atomic mass is 16.6. The fourth-order valence-electron chi connectivity index (χ4n) is 1.79. The van der Waals surface area contributed by atoms with Crippen LogP contribution < -0.4 is 5.73 Å². The molecule has 1 aliphatic carbocycles. The van der Waals surface area contributed by atoms with Gasteiger partial charge in [-0.15, -0.1) is 0 Å². The quantitative estimate of drug-likeness (QED) is 0.680. The summed E-state index contributed by atoms with van der Waals surface area (Å²) in [7, 11) is 1.59. The van der Waals surface area contributed by atoms with E-state index in [1.807, 2.05) is 6.92 Å². The Morgan fingerprint density at radius 3 is 2.79 bits per heavy atom. The molecule has 0 aliphatic heterocycles. The van der Waals surface area contributed by atoms with E-state index in [-0.39, 0.29) is 24.0 Å². The molecule has 0 aromatic heterocycles. The molecule has 0 aromatic rings. The van der Waals surface area contributed by atoms with Crippen molar-refractivity contribution >= 4 is 5.97 Å². The van der Waals surface area contributed by atoms with E-state index in [1.54, 1.807) is 7.11 Å². The molecule has 1 aliphatic rings. The van der Waals surface area contributed by atoms with Gasteiger partial charge >= 0.3 is 5.97 Å². The van der Waals surface area contributed by atoms with E-state index in [2.05, 4.69) is 0 Å². The number of carbonyl (C=O) groups excluding carboxylic acids is 1. The van der Waals surface area contributed by atoms with Crippen molar-refractivity contribution in [3.63, 3.8) is 0 Å². The van der Waals surface area contributed by atoms with Gasteiger partial charge in [0.2, 0.25) is 0 Å². The zero-order valence-corrected chi connectivity index (χ0v) is 8.86. The number of hydrogen-bond donors (Lipinski definition) is 1. The molecule has 0 saturated heterocycles. The number of nitrogens with two attached hydrogens (primary N) is 1. The molecule has 3 atom stereocenters. The molecule has 14 heavy (non-hydrogen) atoms. The smallest absolute Gasteiger partial charge is 0.309 e. The molecule has 0 radical (unpaired) electrons. The molecule has 0 bridgehead atoms. The van der Waals surface area contributed by atoms with Gasteiger partial charge in [-0.1, -0.05) is 0 Å². The van der Waals surface area contributed by atoms with E-state index < -0.39 is 0 Å². The highest BCUT2D eigenvalue weighted by Gasteiger charge is 2.29. The van der Waals surface area contributed by atoms with Crippen LogP contribution in [0.15, 0.2) is 0 Å². The lowest BCUT2D eigenvalue weighted by molar-refractivity contribution is -0.155. The standard InChI is InChI=1S/C10H19NO3/c1-7(6-13-2)14-10(12)8-3-4-9(11)5-8/h7-9H,3-6,11H2,1-2H3. The molecular formula is C10H19NO3. The first-order valence-electron chi connectivity index (χ1n) is 5.08. The van der Waals surface area contributed by atoms with Crippen LogP contribution in [-0.4, -0.2) is 31.8 Å². The number of methoxy groups -OCH3 is 1. The summed E-state index contributed by atoms with van der Waals surface area (Å²) in [5.74, 6) is -0.119. The molecule has 0 heterocycles. The summed E-state index contributed by atoms with van der Waals surface area (Å²) in [4.78, 5) is 11.5. The number of esters is 1. The van der Waals surface area contributed by atoms with Crippen LogP contribution in [0.5, 0.6) is 0 Å². The molecular weight excluding hydrogens is 182 g/mol. The number of rotatable bonds is 4. The topological polar surface area (TPSA) is 61.5 Å². The third kappa shape index (κ3) is 3.27. The lowest BCUT2D eigenvalue weighted by Gasteiger charge is -2.15. The van der Waals surface area contributed by atoms with Crippen molar-refractivity contribution in [3.05, 3.63) is 0 Å². The minimum atomic E-state index is -0.163. The van der Waals surface area contributed by atoms with Gasteiger partial charge in [0.05, 0.1) is 12.5 Å². The summed E-state index contributed by atoms with van der Waals surface area (Å²) in [6.07, 6.45) is 2.39. The monoisotopic (exact) mass is 201 g/mol. The van der Waals surface area contributed by atoms with Crippen molar-refractivity contribution in [2.45, 2.75) is 38.3 Å². The lowest BCUT2D eigenvalue weighted by Crippen LogP contribution is -2.25. The summed E-state index contributed by atoms with van der Waals surface area (Å²) >= 11 is 0. The first-order chi connectivity index (χ1) is 6.63. The van der Waals surface area contributed by atoms with Gasteiger partial charge in [-0.2, -0.15) is 0 Å². The van der Waals surface area contributed by atoms with Crippen LogP contribution in [0.4, 0.5) is 0 Å².